The number of hydrogen-bond acceptors (Lipinski definition) is 1. The van der Waals surface area contributed by atoms with Crippen LogP contribution in [0.3, 0.4) is 0 Å². The lowest BCUT2D eigenvalue weighted by Gasteiger charge is -2.11. The van der Waals surface area contributed by atoms with Gasteiger partial charge >= 0.3 is 0 Å². The van der Waals surface area contributed by atoms with Crippen molar-refractivity contribution in [2.45, 2.75) is 24.4 Å². The van der Waals surface area contributed by atoms with Gasteiger partial charge in [-0.1, -0.05) is 91.0 Å². The first-order valence-corrected chi connectivity index (χ1v) is 8.66. The normalized spacial score (nSPS) is 23.6. The van der Waals surface area contributed by atoms with Crippen molar-refractivity contribution in [1.29, 1.82) is 0 Å². The minimum Gasteiger partial charge on any atom is -0.392 e. The molecule has 1 aliphatic rings. The fourth-order valence-corrected chi connectivity index (χ4v) is 4.01. The summed E-state index contributed by atoms with van der Waals surface area (Å²) in [6, 6.07) is 31.5. The third-order valence-electron chi connectivity index (χ3n) is 5.18. The maximum absolute atomic E-state index is 10.9. The van der Waals surface area contributed by atoms with Crippen molar-refractivity contribution in [2.24, 2.45) is 5.92 Å². The number of aliphatic hydroxyl groups is 1. The van der Waals surface area contributed by atoms with Crippen LogP contribution in [0, 0.1) is 5.92 Å². The lowest BCUT2D eigenvalue weighted by Crippen LogP contribution is -2.15. The highest BCUT2D eigenvalue weighted by Gasteiger charge is 2.54. The van der Waals surface area contributed by atoms with E-state index in [1.54, 1.807) is 0 Å². The summed E-state index contributed by atoms with van der Waals surface area (Å²) in [5.74, 6) is 1.11. The van der Waals surface area contributed by atoms with E-state index in [-0.39, 0.29) is 12.0 Å². The van der Waals surface area contributed by atoms with E-state index in [0.29, 0.717) is 11.8 Å². The molecule has 3 atom stereocenters. The van der Waals surface area contributed by atoms with E-state index in [0.717, 1.165) is 6.42 Å². The zero-order valence-electron chi connectivity index (χ0n) is 13.6. The van der Waals surface area contributed by atoms with Crippen LogP contribution in [0.5, 0.6) is 0 Å². The maximum Gasteiger partial charge on any atom is 0.0620 e. The van der Waals surface area contributed by atoms with E-state index in [2.05, 4.69) is 72.8 Å². The van der Waals surface area contributed by atoms with Crippen LogP contribution in [0.15, 0.2) is 91.0 Å². The molecule has 0 bridgehead atoms. The molecule has 1 N–H and O–H groups in total. The Kier molecular flexibility index (Phi) is 4.18. The lowest BCUT2D eigenvalue weighted by atomic mass is 10.0. The summed E-state index contributed by atoms with van der Waals surface area (Å²) >= 11 is 0. The molecule has 3 unspecified atom stereocenters. The topological polar surface area (TPSA) is 20.2 Å². The van der Waals surface area contributed by atoms with Gasteiger partial charge in [-0.05, 0) is 34.9 Å². The van der Waals surface area contributed by atoms with Crippen LogP contribution in [0.1, 0.15) is 28.5 Å². The summed E-state index contributed by atoms with van der Waals surface area (Å²) in [4.78, 5) is 0. The molecule has 1 heteroatoms. The second-order valence-corrected chi connectivity index (χ2v) is 6.71. The van der Waals surface area contributed by atoms with E-state index in [9.17, 15) is 5.11 Å². The molecule has 4 rings (SSSR count). The van der Waals surface area contributed by atoms with Gasteiger partial charge in [0.25, 0.3) is 0 Å². The van der Waals surface area contributed by atoms with Crippen molar-refractivity contribution in [3.63, 3.8) is 0 Å². The molecule has 1 saturated carbocycles. The Labute approximate surface area is 143 Å². The van der Waals surface area contributed by atoms with Gasteiger partial charge < -0.3 is 5.11 Å². The Morgan fingerprint density at radius 1 is 0.625 bits per heavy atom. The van der Waals surface area contributed by atoms with Crippen LogP contribution in [0.25, 0.3) is 0 Å². The number of hydrogen-bond donors (Lipinski definition) is 1. The van der Waals surface area contributed by atoms with Crippen molar-refractivity contribution < 1.29 is 5.11 Å². The summed E-state index contributed by atoms with van der Waals surface area (Å²) in [5, 5.41) is 10.9. The summed E-state index contributed by atoms with van der Waals surface area (Å²) in [7, 11) is 0. The van der Waals surface area contributed by atoms with Crippen LogP contribution in [0.2, 0.25) is 0 Å². The summed E-state index contributed by atoms with van der Waals surface area (Å²) < 4.78 is 0. The molecule has 120 valence electrons. The van der Waals surface area contributed by atoms with Crippen molar-refractivity contribution in [3.05, 3.63) is 108 Å². The molecule has 0 spiro atoms. The van der Waals surface area contributed by atoms with E-state index >= 15 is 0 Å². The zero-order chi connectivity index (χ0) is 16.4. The van der Waals surface area contributed by atoms with Crippen molar-refractivity contribution in [3.8, 4) is 0 Å². The fraction of sp³-hybridized carbons (Fsp3) is 0.217. The van der Waals surface area contributed by atoms with Gasteiger partial charge in [0.1, 0.15) is 0 Å². The minimum atomic E-state index is -0.317. The Hall–Kier alpha value is -2.38. The first-order valence-electron chi connectivity index (χ1n) is 8.66. The van der Waals surface area contributed by atoms with Gasteiger partial charge in [-0.15, -0.1) is 0 Å². The van der Waals surface area contributed by atoms with Gasteiger partial charge in [0.2, 0.25) is 0 Å². The standard InChI is InChI=1S/C23H22O/c24-20(16-17-10-4-1-5-11-17)23-21(18-12-6-2-7-13-18)22(23)19-14-8-3-9-15-19/h1-15,20-24H,16H2. The Morgan fingerprint density at radius 3 is 1.50 bits per heavy atom. The molecule has 0 heterocycles. The van der Waals surface area contributed by atoms with Crippen LogP contribution in [-0.4, -0.2) is 11.2 Å². The summed E-state index contributed by atoms with van der Waals surface area (Å²) in [6.07, 6.45) is 0.404. The number of aliphatic hydroxyl groups excluding tert-OH is 1. The van der Waals surface area contributed by atoms with Crippen molar-refractivity contribution >= 4 is 0 Å². The van der Waals surface area contributed by atoms with Crippen LogP contribution < -0.4 is 0 Å². The monoisotopic (exact) mass is 314 g/mol. The summed E-state index contributed by atoms with van der Waals surface area (Å²) in [5.41, 5.74) is 3.88. The van der Waals surface area contributed by atoms with E-state index in [1.807, 2.05) is 18.2 Å². The zero-order valence-corrected chi connectivity index (χ0v) is 13.6. The lowest BCUT2D eigenvalue weighted by molar-refractivity contribution is 0.147. The summed E-state index contributed by atoms with van der Waals surface area (Å²) in [6.45, 7) is 0. The van der Waals surface area contributed by atoms with Gasteiger partial charge in [0.15, 0.2) is 0 Å². The highest BCUT2D eigenvalue weighted by atomic mass is 16.3. The van der Waals surface area contributed by atoms with E-state index in [1.165, 1.54) is 16.7 Å². The first-order chi connectivity index (χ1) is 11.8. The Bertz CT molecular complexity index is 721. The first kappa shape index (κ1) is 15.2. The molecule has 1 fully saturated rings. The second-order valence-electron chi connectivity index (χ2n) is 6.71. The Morgan fingerprint density at radius 2 is 1.04 bits per heavy atom. The van der Waals surface area contributed by atoms with Crippen molar-refractivity contribution in [1.82, 2.24) is 0 Å². The quantitative estimate of drug-likeness (QED) is 0.718. The largest absolute Gasteiger partial charge is 0.392 e. The fourth-order valence-electron chi connectivity index (χ4n) is 4.01. The van der Waals surface area contributed by atoms with Crippen molar-refractivity contribution in [2.75, 3.05) is 0 Å². The van der Waals surface area contributed by atoms with Gasteiger partial charge in [-0.25, -0.2) is 0 Å². The highest BCUT2D eigenvalue weighted by molar-refractivity contribution is 5.40. The molecule has 1 nitrogen and oxygen atoms in total. The molecule has 0 aliphatic heterocycles. The molecule has 0 amide bonds. The predicted octanol–water partition coefficient (Wildman–Crippen LogP) is 4.79. The smallest absolute Gasteiger partial charge is 0.0620 e. The minimum absolute atomic E-state index is 0.287. The molecule has 0 aromatic heterocycles. The molecular formula is C23H22O. The predicted molar refractivity (Wildman–Crippen MR) is 98.0 cm³/mol. The average Bonchev–Trinajstić information content (AvgIpc) is 3.40. The molecule has 0 radical (unpaired) electrons. The van der Waals surface area contributed by atoms with Crippen LogP contribution in [0.4, 0.5) is 0 Å². The highest BCUT2D eigenvalue weighted by Crippen LogP contribution is 2.62. The average molecular weight is 314 g/mol. The SMILES string of the molecule is OC(Cc1ccccc1)C1C(c2ccccc2)C1c1ccccc1. The van der Waals surface area contributed by atoms with E-state index < -0.39 is 0 Å². The third-order valence-corrected chi connectivity index (χ3v) is 5.18. The molecule has 3 aromatic carbocycles. The molecule has 1 aliphatic carbocycles. The van der Waals surface area contributed by atoms with Gasteiger partial charge in [0, 0.05) is 5.92 Å². The third kappa shape index (κ3) is 3.00. The van der Waals surface area contributed by atoms with Gasteiger partial charge in [-0.3, -0.25) is 0 Å². The van der Waals surface area contributed by atoms with Gasteiger partial charge in [0.05, 0.1) is 6.10 Å². The maximum atomic E-state index is 10.9. The molecule has 3 aromatic rings. The number of benzene rings is 3. The molecule has 0 saturated heterocycles. The Balaban J connectivity index is 1.59. The second kappa shape index (κ2) is 6.62. The molecular weight excluding hydrogens is 292 g/mol. The van der Waals surface area contributed by atoms with Gasteiger partial charge in [-0.2, -0.15) is 0 Å². The van der Waals surface area contributed by atoms with Crippen LogP contribution in [-0.2, 0) is 6.42 Å². The number of rotatable bonds is 5. The van der Waals surface area contributed by atoms with Crippen LogP contribution >= 0.6 is 0 Å². The molecule has 24 heavy (non-hydrogen) atoms. The van der Waals surface area contributed by atoms with E-state index in [4.69, 9.17) is 0 Å².